The Morgan fingerprint density at radius 1 is 1.26 bits per heavy atom. The first-order valence-electron chi connectivity index (χ1n) is 8.36. The molecule has 1 saturated heterocycles. The quantitative estimate of drug-likeness (QED) is 0.446. The van der Waals surface area contributed by atoms with E-state index in [9.17, 15) is 4.79 Å². The van der Waals surface area contributed by atoms with E-state index in [-0.39, 0.29) is 5.97 Å². The molecule has 1 fully saturated rings. The van der Waals surface area contributed by atoms with Gasteiger partial charge in [0, 0.05) is 5.02 Å². The zero-order valence-electron chi connectivity index (χ0n) is 14.2. The highest BCUT2D eigenvalue weighted by Gasteiger charge is 2.31. The van der Waals surface area contributed by atoms with Gasteiger partial charge in [-0.2, -0.15) is 0 Å². The number of methoxy groups -OCH3 is 1. The van der Waals surface area contributed by atoms with Gasteiger partial charge in [0.25, 0.3) is 0 Å². The van der Waals surface area contributed by atoms with E-state index in [4.69, 9.17) is 16.3 Å². The van der Waals surface area contributed by atoms with E-state index in [1.807, 2.05) is 18.2 Å². The molecule has 0 spiro atoms. The molecule has 0 atom stereocenters. The molecule has 23 heavy (non-hydrogen) atoms. The van der Waals surface area contributed by atoms with Gasteiger partial charge in [-0.25, -0.2) is 4.79 Å². The summed E-state index contributed by atoms with van der Waals surface area (Å²) in [7, 11) is 1.47. The topological polar surface area (TPSA) is 26.3 Å². The Balaban J connectivity index is 2.04. The first-order chi connectivity index (χ1) is 11.0. The standard InChI is InChI=1S/C19H27ClNO2/c1-16(14-17-8-4-5-9-18(17)20)10-13-21(15-19(22)23-2)11-6-3-7-12-21/h4-5,8-10H,3,6-7,11-15H2,1-2H3/q+1/b16-10-. The maximum Gasteiger partial charge on any atom is 0.361 e. The molecule has 3 nitrogen and oxygen atoms in total. The first-order valence-corrected chi connectivity index (χ1v) is 8.73. The Bertz CT molecular complexity index is 562. The molecule has 0 aromatic heterocycles. The fraction of sp³-hybridized carbons (Fsp3) is 0.526. The van der Waals surface area contributed by atoms with Crippen LogP contribution >= 0.6 is 11.6 Å². The number of nitrogens with zero attached hydrogens (tertiary/aromatic N) is 1. The molecule has 0 unspecified atom stereocenters. The summed E-state index contributed by atoms with van der Waals surface area (Å²) in [6.45, 7) is 5.63. The van der Waals surface area contributed by atoms with Gasteiger partial charge in [-0.15, -0.1) is 0 Å². The molecule has 1 aromatic carbocycles. The number of allylic oxidation sites excluding steroid dienone is 1. The summed E-state index contributed by atoms with van der Waals surface area (Å²) in [6, 6.07) is 7.97. The van der Waals surface area contributed by atoms with Gasteiger partial charge in [-0.05, 0) is 50.3 Å². The summed E-state index contributed by atoms with van der Waals surface area (Å²) >= 11 is 6.24. The third-order valence-electron chi connectivity index (χ3n) is 4.71. The fourth-order valence-electron chi connectivity index (χ4n) is 3.29. The first kappa shape index (κ1) is 18.0. The third-order valence-corrected chi connectivity index (χ3v) is 5.08. The van der Waals surface area contributed by atoms with Crippen molar-refractivity contribution in [2.75, 3.05) is 33.3 Å². The van der Waals surface area contributed by atoms with E-state index in [0.29, 0.717) is 6.54 Å². The number of likely N-dealkylation sites (tertiary alicyclic amines) is 1. The highest BCUT2D eigenvalue weighted by atomic mass is 35.5. The van der Waals surface area contributed by atoms with Crippen LogP contribution in [0.4, 0.5) is 0 Å². The van der Waals surface area contributed by atoms with Crippen LogP contribution in [0.3, 0.4) is 0 Å². The van der Waals surface area contributed by atoms with Crippen molar-refractivity contribution >= 4 is 17.6 Å². The van der Waals surface area contributed by atoms with Crippen molar-refractivity contribution < 1.29 is 14.0 Å². The molecule has 0 N–H and O–H groups in total. The summed E-state index contributed by atoms with van der Waals surface area (Å²) < 4.78 is 5.73. The van der Waals surface area contributed by atoms with Gasteiger partial charge in [0.05, 0.1) is 26.7 Å². The average Bonchev–Trinajstić information content (AvgIpc) is 2.56. The molecule has 0 aliphatic carbocycles. The van der Waals surface area contributed by atoms with E-state index >= 15 is 0 Å². The second kappa shape index (κ2) is 8.51. The largest absolute Gasteiger partial charge is 0.465 e. The number of hydrogen-bond donors (Lipinski definition) is 0. The van der Waals surface area contributed by atoms with Crippen molar-refractivity contribution in [2.45, 2.75) is 32.6 Å². The SMILES string of the molecule is COC(=O)C[N+]1(C/C=C(/C)Cc2ccccc2Cl)CCCCC1. The van der Waals surface area contributed by atoms with Crippen LogP contribution in [0, 0.1) is 0 Å². The molecule has 1 aliphatic rings. The Morgan fingerprint density at radius 3 is 2.61 bits per heavy atom. The smallest absolute Gasteiger partial charge is 0.361 e. The van der Waals surface area contributed by atoms with Crippen molar-refractivity contribution in [3.05, 3.63) is 46.5 Å². The molecule has 0 radical (unpaired) electrons. The normalized spacial score (nSPS) is 17.8. The highest BCUT2D eigenvalue weighted by Crippen LogP contribution is 2.21. The van der Waals surface area contributed by atoms with Crippen LogP contribution in [-0.2, 0) is 16.0 Å². The highest BCUT2D eigenvalue weighted by molar-refractivity contribution is 6.31. The molecule has 0 amide bonds. The van der Waals surface area contributed by atoms with Crippen molar-refractivity contribution in [1.82, 2.24) is 0 Å². The van der Waals surface area contributed by atoms with E-state index in [2.05, 4.69) is 19.1 Å². The number of carbonyl (C=O) groups excluding carboxylic acids is 1. The fourth-order valence-corrected chi connectivity index (χ4v) is 3.49. The number of carbonyl (C=O) groups is 1. The van der Waals surface area contributed by atoms with Gasteiger partial charge < -0.3 is 9.22 Å². The summed E-state index contributed by atoms with van der Waals surface area (Å²) in [5.41, 5.74) is 2.45. The molecule has 1 aromatic rings. The molecule has 2 rings (SSSR count). The van der Waals surface area contributed by atoms with Crippen LogP contribution < -0.4 is 0 Å². The number of piperidine rings is 1. The molecule has 126 valence electrons. The van der Waals surface area contributed by atoms with E-state index in [1.54, 1.807) is 0 Å². The number of hydrogen-bond acceptors (Lipinski definition) is 2. The molecular formula is C19H27ClNO2+. The lowest BCUT2D eigenvalue weighted by molar-refractivity contribution is -0.920. The minimum atomic E-state index is -0.107. The number of esters is 1. The predicted octanol–water partition coefficient (Wildman–Crippen LogP) is 4.00. The summed E-state index contributed by atoms with van der Waals surface area (Å²) in [6.07, 6.45) is 6.78. The summed E-state index contributed by atoms with van der Waals surface area (Å²) in [5.74, 6) is -0.107. The average molecular weight is 337 g/mol. The van der Waals surface area contributed by atoms with E-state index < -0.39 is 0 Å². The van der Waals surface area contributed by atoms with Crippen molar-refractivity contribution in [3.63, 3.8) is 0 Å². The second-order valence-corrected chi connectivity index (χ2v) is 6.99. The molecule has 1 heterocycles. The Morgan fingerprint density at radius 2 is 1.96 bits per heavy atom. The van der Waals surface area contributed by atoms with Gasteiger partial charge in [0.1, 0.15) is 0 Å². The summed E-state index contributed by atoms with van der Waals surface area (Å²) in [4.78, 5) is 11.8. The Kier molecular flexibility index (Phi) is 6.67. The molecular weight excluding hydrogens is 310 g/mol. The predicted molar refractivity (Wildman–Crippen MR) is 94.5 cm³/mol. The monoisotopic (exact) mass is 336 g/mol. The van der Waals surface area contributed by atoms with Crippen molar-refractivity contribution in [3.8, 4) is 0 Å². The van der Waals surface area contributed by atoms with Crippen LogP contribution in [0.2, 0.25) is 5.02 Å². The summed E-state index contributed by atoms with van der Waals surface area (Å²) in [5, 5.41) is 0.816. The minimum Gasteiger partial charge on any atom is -0.465 e. The third kappa shape index (κ3) is 5.36. The lowest BCUT2D eigenvalue weighted by Gasteiger charge is -2.40. The Labute approximate surface area is 144 Å². The zero-order chi connectivity index (χ0) is 16.7. The van der Waals surface area contributed by atoms with Crippen LogP contribution in [-0.4, -0.2) is 43.7 Å². The molecule has 0 saturated carbocycles. The van der Waals surface area contributed by atoms with Crippen LogP contribution in [0.15, 0.2) is 35.9 Å². The Hall–Kier alpha value is -1.32. The van der Waals surface area contributed by atoms with Crippen LogP contribution in [0.5, 0.6) is 0 Å². The van der Waals surface area contributed by atoms with Gasteiger partial charge in [0.15, 0.2) is 6.54 Å². The van der Waals surface area contributed by atoms with Gasteiger partial charge in [-0.3, -0.25) is 0 Å². The lowest BCUT2D eigenvalue weighted by Crippen LogP contribution is -2.54. The van der Waals surface area contributed by atoms with Crippen LogP contribution in [0.25, 0.3) is 0 Å². The number of benzene rings is 1. The number of ether oxygens (including phenoxy) is 1. The maximum atomic E-state index is 11.8. The number of halogens is 1. The van der Waals surface area contributed by atoms with Crippen molar-refractivity contribution in [1.29, 1.82) is 0 Å². The molecule has 0 bridgehead atoms. The van der Waals surface area contributed by atoms with E-state index in [0.717, 1.165) is 41.1 Å². The minimum absolute atomic E-state index is 0.107. The number of rotatable bonds is 6. The molecule has 1 aliphatic heterocycles. The van der Waals surface area contributed by atoms with Crippen LogP contribution in [0.1, 0.15) is 31.7 Å². The van der Waals surface area contributed by atoms with Gasteiger partial charge in [0.2, 0.25) is 0 Å². The lowest BCUT2D eigenvalue weighted by atomic mass is 10.0. The second-order valence-electron chi connectivity index (χ2n) is 6.58. The van der Waals surface area contributed by atoms with Gasteiger partial charge in [-0.1, -0.05) is 35.4 Å². The van der Waals surface area contributed by atoms with E-state index in [1.165, 1.54) is 31.9 Å². The van der Waals surface area contributed by atoms with Gasteiger partial charge >= 0.3 is 5.97 Å². The van der Waals surface area contributed by atoms with Crippen molar-refractivity contribution in [2.24, 2.45) is 0 Å². The maximum absolute atomic E-state index is 11.8. The number of quaternary nitrogens is 1. The molecule has 4 heteroatoms. The zero-order valence-corrected chi connectivity index (χ0v) is 14.9.